The summed E-state index contributed by atoms with van der Waals surface area (Å²) < 4.78 is 16.7. The molecule has 0 unspecified atom stereocenters. The maximum Gasteiger partial charge on any atom is 0.306 e. The molecule has 0 N–H and O–H groups in total. The molecule has 0 amide bonds. The van der Waals surface area contributed by atoms with Gasteiger partial charge in [0.1, 0.15) is 13.2 Å². The van der Waals surface area contributed by atoms with Crippen molar-refractivity contribution in [1.29, 1.82) is 0 Å². The van der Waals surface area contributed by atoms with E-state index in [-0.39, 0.29) is 44.0 Å². The lowest BCUT2D eigenvalue weighted by molar-refractivity contribution is -0.166. The molecule has 0 aliphatic heterocycles. The van der Waals surface area contributed by atoms with Crippen molar-refractivity contribution in [3.63, 3.8) is 0 Å². The van der Waals surface area contributed by atoms with E-state index in [2.05, 4.69) is 154 Å². The summed E-state index contributed by atoms with van der Waals surface area (Å²) in [4.78, 5) is 38.1. The number of carbonyl (C=O) groups excluding carboxylic acids is 3. The van der Waals surface area contributed by atoms with E-state index in [0.29, 0.717) is 12.8 Å². The van der Waals surface area contributed by atoms with Gasteiger partial charge in [-0.3, -0.25) is 14.4 Å². The van der Waals surface area contributed by atoms with Crippen LogP contribution >= 0.6 is 0 Å². The minimum atomic E-state index is -0.836. The topological polar surface area (TPSA) is 78.9 Å². The summed E-state index contributed by atoms with van der Waals surface area (Å²) in [6, 6.07) is 0. The molecule has 0 fully saturated rings. The fraction of sp³-hybridized carbons (Fsp3) is 0.585. The zero-order chi connectivity index (χ0) is 51.4. The zero-order valence-electron chi connectivity index (χ0n) is 45.4. The molecule has 0 rings (SSSR count). The lowest BCUT2D eigenvalue weighted by Crippen LogP contribution is -2.30. The highest BCUT2D eigenvalue weighted by Gasteiger charge is 2.19. The van der Waals surface area contributed by atoms with Crippen molar-refractivity contribution in [2.75, 3.05) is 13.2 Å². The molecular weight excluding hydrogens is 877 g/mol. The summed E-state index contributed by atoms with van der Waals surface area (Å²) in [5, 5.41) is 0. The largest absolute Gasteiger partial charge is 0.462 e. The molecule has 71 heavy (non-hydrogen) atoms. The fourth-order valence-corrected chi connectivity index (χ4v) is 7.07. The number of hydrogen-bond donors (Lipinski definition) is 0. The first kappa shape index (κ1) is 66.3. The molecule has 0 spiro atoms. The average molecular weight is 980 g/mol. The Balaban J connectivity index is 4.60. The highest BCUT2D eigenvalue weighted by Crippen LogP contribution is 2.12. The maximum atomic E-state index is 12.8. The van der Waals surface area contributed by atoms with E-state index < -0.39 is 6.10 Å². The number of hydrogen-bond acceptors (Lipinski definition) is 6. The predicted octanol–water partition coefficient (Wildman–Crippen LogP) is 19.2. The minimum absolute atomic E-state index is 0.130. The van der Waals surface area contributed by atoms with Crippen LogP contribution < -0.4 is 0 Å². The standard InChI is InChI=1S/C65H102O6/c1-4-7-10-13-16-19-22-25-28-30-32-34-37-39-42-45-48-51-54-57-63(66)69-60-62(71-65(68)59-56-53-50-47-44-41-36-27-24-21-18-15-12-9-6-3)61-70-64(67)58-55-52-49-46-43-40-38-35-33-31-29-26-23-20-17-14-11-8-5-2/h7,10,16-21,25-29,32-36,39-40,42-43,48,51,62H,4-6,8-9,11-15,22-24,30-31,37-38,41,44-47,49-50,52-61H2,1-3H3/b10-7-,19-16-,20-17-,21-18-,28-25-,29-26-,34-32-,35-33-,36-27-,42-39-,43-40-,51-48-/t62-/m1/s1. The Labute approximate surface area is 436 Å². The van der Waals surface area contributed by atoms with Crippen molar-refractivity contribution in [3.8, 4) is 0 Å². The van der Waals surface area contributed by atoms with Gasteiger partial charge in [0, 0.05) is 19.3 Å². The highest BCUT2D eigenvalue weighted by molar-refractivity contribution is 5.71. The van der Waals surface area contributed by atoms with Crippen LogP contribution in [0.25, 0.3) is 0 Å². The fourth-order valence-electron chi connectivity index (χ4n) is 7.07. The molecule has 1 atom stereocenters. The van der Waals surface area contributed by atoms with Crippen LogP contribution in [0.3, 0.4) is 0 Å². The van der Waals surface area contributed by atoms with Crippen molar-refractivity contribution in [1.82, 2.24) is 0 Å². The van der Waals surface area contributed by atoms with Crippen molar-refractivity contribution >= 4 is 17.9 Å². The van der Waals surface area contributed by atoms with Gasteiger partial charge >= 0.3 is 17.9 Å². The molecule has 0 radical (unpaired) electrons. The molecule has 0 aliphatic carbocycles. The van der Waals surface area contributed by atoms with Gasteiger partial charge in [-0.2, -0.15) is 0 Å². The van der Waals surface area contributed by atoms with E-state index >= 15 is 0 Å². The monoisotopic (exact) mass is 979 g/mol. The molecule has 0 saturated carbocycles. The first-order valence-corrected chi connectivity index (χ1v) is 28.3. The van der Waals surface area contributed by atoms with Gasteiger partial charge in [0.05, 0.1) is 0 Å². The first-order valence-electron chi connectivity index (χ1n) is 28.3. The van der Waals surface area contributed by atoms with Gasteiger partial charge in [-0.05, 0) is 135 Å². The molecule has 0 bridgehead atoms. The van der Waals surface area contributed by atoms with E-state index in [1.165, 1.54) is 51.4 Å². The Morgan fingerprint density at radius 3 is 0.958 bits per heavy atom. The van der Waals surface area contributed by atoms with Crippen LogP contribution in [0.2, 0.25) is 0 Å². The molecule has 0 heterocycles. The Hall–Kier alpha value is -4.71. The summed E-state index contributed by atoms with van der Waals surface area (Å²) in [5.41, 5.74) is 0. The van der Waals surface area contributed by atoms with Gasteiger partial charge < -0.3 is 14.2 Å². The molecule has 0 aromatic rings. The van der Waals surface area contributed by atoms with Gasteiger partial charge in [-0.15, -0.1) is 0 Å². The first-order chi connectivity index (χ1) is 35.0. The Morgan fingerprint density at radius 1 is 0.296 bits per heavy atom. The predicted molar refractivity (Wildman–Crippen MR) is 306 cm³/mol. The van der Waals surface area contributed by atoms with Crippen LogP contribution in [-0.4, -0.2) is 37.2 Å². The highest BCUT2D eigenvalue weighted by atomic mass is 16.6. The number of ether oxygens (including phenoxy) is 3. The molecule has 0 aromatic carbocycles. The van der Waals surface area contributed by atoms with Crippen molar-refractivity contribution in [2.45, 2.75) is 232 Å². The van der Waals surface area contributed by atoms with E-state index in [9.17, 15) is 14.4 Å². The second-order valence-corrected chi connectivity index (χ2v) is 18.1. The van der Waals surface area contributed by atoms with Gasteiger partial charge in [-0.25, -0.2) is 0 Å². The molecule has 6 nitrogen and oxygen atoms in total. The van der Waals surface area contributed by atoms with Crippen LogP contribution in [-0.2, 0) is 28.6 Å². The van der Waals surface area contributed by atoms with Crippen LogP contribution in [0.1, 0.15) is 226 Å². The second kappa shape index (κ2) is 57.9. The van der Waals surface area contributed by atoms with Crippen molar-refractivity contribution < 1.29 is 28.6 Å². The van der Waals surface area contributed by atoms with Crippen LogP contribution in [0, 0.1) is 0 Å². The second-order valence-electron chi connectivity index (χ2n) is 18.1. The number of rotatable bonds is 49. The molecule has 0 aliphatic rings. The van der Waals surface area contributed by atoms with E-state index in [1.54, 1.807) is 0 Å². The summed E-state index contributed by atoms with van der Waals surface area (Å²) in [6.45, 7) is 6.35. The van der Waals surface area contributed by atoms with Crippen molar-refractivity contribution in [3.05, 3.63) is 146 Å². The van der Waals surface area contributed by atoms with Crippen LogP contribution in [0.15, 0.2) is 146 Å². The third-order valence-electron chi connectivity index (χ3n) is 11.3. The number of carbonyl (C=O) groups is 3. The van der Waals surface area contributed by atoms with Gasteiger partial charge in [0.2, 0.25) is 0 Å². The lowest BCUT2D eigenvalue weighted by Gasteiger charge is -2.18. The normalized spacial score (nSPS) is 13.2. The summed E-state index contributed by atoms with van der Waals surface area (Å²) in [5.74, 6) is -1.07. The Bertz CT molecular complexity index is 1590. The van der Waals surface area contributed by atoms with Crippen molar-refractivity contribution in [2.24, 2.45) is 0 Å². The quantitative estimate of drug-likeness (QED) is 0.0262. The minimum Gasteiger partial charge on any atom is -0.462 e. The molecule has 6 heteroatoms. The third-order valence-corrected chi connectivity index (χ3v) is 11.3. The lowest BCUT2D eigenvalue weighted by atomic mass is 10.1. The Morgan fingerprint density at radius 2 is 0.577 bits per heavy atom. The number of esters is 3. The zero-order valence-corrected chi connectivity index (χ0v) is 45.4. The van der Waals surface area contributed by atoms with E-state index in [4.69, 9.17) is 14.2 Å². The van der Waals surface area contributed by atoms with E-state index in [0.717, 1.165) is 128 Å². The average Bonchev–Trinajstić information content (AvgIpc) is 3.37. The summed E-state index contributed by atoms with van der Waals surface area (Å²) in [6.07, 6.45) is 82.7. The third kappa shape index (κ3) is 56.1. The maximum absolute atomic E-state index is 12.8. The van der Waals surface area contributed by atoms with Gasteiger partial charge in [-0.1, -0.05) is 218 Å². The Kier molecular flexibility index (Phi) is 54.0. The smallest absolute Gasteiger partial charge is 0.306 e. The summed E-state index contributed by atoms with van der Waals surface area (Å²) >= 11 is 0. The number of allylic oxidation sites excluding steroid dienone is 24. The van der Waals surface area contributed by atoms with Crippen LogP contribution in [0.5, 0.6) is 0 Å². The van der Waals surface area contributed by atoms with E-state index in [1.807, 2.05) is 12.2 Å². The molecule has 398 valence electrons. The molecule has 0 saturated heterocycles. The molecule has 0 aromatic heterocycles. The van der Waals surface area contributed by atoms with Gasteiger partial charge in [0.25, 0.3) is 0 Å². The van der Waals surface area contributed by atoms with Crippen LogP contribution in [0.4, 0.5) is 0 Å². The number of unbranched alkanes of at least 4 members (excludes halogenated alkanes) is 14. The molecular formula is C65H102O6. The van der Waals surface area contributed by atoms with Gasteiger partial charge in [0.15, 0.2) is 6.10 Å². The summed E-state index contributed by atoms with van der Waals surface area (Å²) in [7, 11) is 0. The SMILES string of the molecule is CC/C=C\C/C=C\C/C=C\C/C=C\C/C=C\C/C=C\CCC(=O)OC[C@H](COC(=O)CCCCC/C=C\C/C=C\C/C=C\C/C=C\CCCCC)OC(=O)CCCCCCC/C=C\C/C=C\CCCCC.